The lowest BCUT2D eigenvalue weighted by Gasteiger charge is -2.08. The number of fused-ring (bicyclic) bond motifs is 2. The average molecular weight is 478 g/mol. The number of hydrogen-bond donors (Lipinski definition) is 1. The number of aryl methyl sites for hydroxylation is 2. The highest BCUT2D eigenvalue weighted by Gasteiger charge is 2.23. The van der Waals surface area contributed by atoms with Crippen molar-refractivity contribution in [2.24, 2.45) is 0 Å². The van der Waals surface area contributed by atoms with Crippen molar-refractivity contribution in [3.8, 4) is 5.69 Å². The van der Waals surface area contributed by atoms with Gasteiger partial charge in [-0.3, -0.25) is 14.2 Å². The smallest absolute Gasteiger partial charge is 0.341 e. The minimum atomic E-state index is -0.409. The Bertz CT molecular complexity index is 1500. The summed E-state index contributed by atoms with van der Waals surface area (Å²) in [5.41, 5.74) is 3.03. The molecule has 0 unspecified atom stereocenters. The summed E-state index contributed by atoms with van der Waals surface area (Å²) in [6, 6.07) is 7.15. The molecule has 1 aliphatic rings. The number of carbonyl (C=O) groups is 2. The zero-order valence-electron chi connectivity index (χ0n) is 19.0. The molecule has 0 atom stereocenters. The number of rotatable bonds is 5. The number of ether oxygens (including phenoxy) is 1. The molecule has 1 aliphatic heterocycles. The molecule has 0 bridgehead atoms. The second kappa shape index (κ2) is 8.53. The molecule has 0 saturated heterocycles. The second-order valence-corrected chi connectivity index (χ2v) is 9.10. The first kappa shape index (κ1) is 22.0. The Balaban J connectivity index is 1.38. The van der Waals surface area contributed by atoms with Crippen LogP contribution in [0.3, 0.4) is 0 Å². The molecule has 0 fully saturated rings. The number of thiophene rings is 1. The first-order valence-electron chi connectivity index (χ1n) is 11.1. The van der Waals surface area contributed by atoms with Crippen molar-refractivity contribution < 1.29 is 14.3 Å². The maximum Gasteiger partial charge on any atom is 0.341 e. The van der Waals surface area contributed by atoms with Crippen LogP contribution in [0.25, 0.3) is 15.9 Å². The Morgan fingerprint density at radius 1 is 1.21 bits per heavy atom. The van der Waals surface area contributed by atoms with Crippen molar-refractivity contribution >= 4 is 39.1 Å². The Morgan fingerprint density at radius 3 is 2.71 bits per heavy atom. The predicted octanol–water partition coefficient (Wildman–Crippen LogP) is 3.64. The number of carbonyl (C=O) groups excluding carboxylic acids is 2. The average Bonchev–Trinajstić information content (AvgIpc) is 3.52. The van der Waals surface area contributed by atoms with E-state index < -0.39 is 5.97 Å². The van der Waals surface area contributed by atoms with Crippen LogP contribution in [0.4, 0.5) is 5.69 Å². The molecule has 0 spiro atoms. The molecule has 0 saturated carbocycles. The number of hydrogen-bond acceptors (Lipinski definition) is 7. The van der Waals surface area contributed by atoms with Crippen molar-refractivity contribution in [3.05, 3.63) is 68.3 Å². The summed E-state index contributed by atoms with van der Waals surface area (Å²) in [4.78, 5) is 43.7. The van der Waals surface area contributed by atoms with Gasteiger partial charge in [-0.1, -0.05) is 0 Å². The van der Waals surface area contributed by atoms with E-state index in [2.05, 4.69) is 15.4 Å². The van der Waals surface area contributed by atoms with Crippen LogP contribution in [0.5, 0.6) is 0 Å². The third-order valence-electron chi connectivity index (χ3n) is 5.99. The summed E-state index contributed by atoms with van der Waals surface area (Å²) in [7, 11) is 0. The molecule has 174 valence electrons. The maximum absolute atomic E-state index is 13.0. The highest BCUT2D eigenvalue weighted by molar-refractivity contribution is 7.20. The highest BCUT2D eigenvalue weighted by Crippen LogP contribution is 2.29. The summed E-state index contributed by atoms with van der Waals surface area (Å²) < 4.78 is 8.42. The number of amides is 1. The van der Waals surface area contributed by atoms with E-state index in [1.807, 2.05) is 0 Å². The lowest BCUT2D eigenvalue weighted by Crippen LogP contribution is -2.20. The zero-order chi connectivity index (χ0) is 24.0. The van der Waals surface area contributed by atoms with Gasteiger partial charge in [-0.15, -0.1) is 11.3 Å². The fraction of sp³-hybridized carbons (Fsp3) is 0.292. The van der Waals surface area contributed by atoms with E-state index in [1.54, 1.807) is 54.3 Å². The minimum absolute atomic E-state index is 0.0635. The third kappa shape index (κ3) is 3.60. The van der Waals surface area contributed by atoms with Gasteiger partial charge in [-0.2, -0.15) is 5.10 Å². The molecule has 10 heteroatoms. The van der Waals surface area contributed by atoms with Crippen LogP contribution in [0, 0.1) is 13.8 Å². The van der Waals surface area contributed by atoms with Crippen LogP contribution in [0.15, 0.2) is 35.3 Å². The van der Waals surface area contributed by atoms with Gasteiger partial charge >= 0.3 is 5.97 Å². The highest BCUT2D eigenvalue weighted by atomic mass is 32.1. The lowest BCUT2D eigenvalue weighted by molar-refractivity contribution is 0.0525. The first-order chi connectivity index (χ1) is 16.4. The van der Waals surface area contributed by atoms with Crippen LogP contribution >= 0.6 is 11.3 Å². The maximum atomic E-state index is 13.0. The van der Waals surface area contributed by atoms with Crippen molar-refractivity contribution in [1.82, 2.24) is 19.3 Å². The Morgan fingerprint density at radius 2 is 1.97 bits per heavy atom. The molecule has 0 radical (unpaired) electrons. The molecule has 5 rings (SSSR count). The molecule has 4 aromatic rings. The van der Waals surface area contributed by atoms with Crippen LogP contribution in [0.1, 0.15) is 50.5 Å². The number of nitrogens with zero attached hydrogens (tertiary/aromatic N) is 4. The number of benzene rings is 1. The van der Waals surface area contributed by atoms with Crippen molar-refractivity contribution in [3.63, 3.8) is 0 Å². The van der Waals surface area contributed by atoms with Crippen LogP contribution in [-0.2, 0) is 17.7 Å². The van der Waals surface area contributed by atoms with Gasteiger partial charge in [-0.05, 0) is 57.0 Å². The molecular weight excluding hydrogens is 454 g/mol. The zero-order valence-corrected chi connectivity index (χ0v) is 19.9. The van der Waals surface area contributed by atoms with Crippen LogP contribution < -0.4 is 10.9 Å². The Hall–Kier alpha value is -3.79. The van der Waals surface area contributed by atoms with E-state index in [1.165, 1.54) is 17.5 Å². The summed E-state index contributed by atoms with van der Waals surface area (Å²) in [5, 5.41) is 7.72. The SMILES string of the molecule is CCOC(=O)c1cnn(-c2ccc(NC(=O)c3sc4nc5n(c(=O)c4c3C)CCC5)cc2)c1C. The first-order valence-corrected chi connectivity index (χ1v) is 11.9. The van der Waals surface area contributed by atoms with Gasteiger partial charge < -0.3 is 10.1 Å². The van der Waals surface area contributed by atoms with E-state index in [4.69, 9.17) is 4.74 Å². The number of anilines is 1. The molecule has 0 aliphatic carbocycles. The molecule has 4 heterocycles. The van der Waals surface area contributed by atoms with Gasteiger partial charge in [-0.25, -0.2) is 14.5 Å². The molecule has 1 amide bonds. The second-order valence-electron chi connectivity index (χ2n) is 8.10. The molecule has 1 N–H and O–H groups in total. The summed E-state index contributed by atoms with van der Waals surface area (Å²) in [5.74, 6) is 0.104. The molecule has 3 aromatic heterocycles. The summed E-state index contributed by atoms with van der Waals surface area (Å²) >= 11 is 1.25. The molecule has 1 aromatic carbocycles. The van der Waals surface area contributed by atoms with Gasteiger partial charge in [0.05, 0.1) is 34.4 Å². The normalized spacial score (nSPS) is 12.7. The minimum Gasteiger partial charge on any atom is -0.462 e. The van der Waals surface area contributed by atoms with Gasteiger partial charge in [0.25, 0.3) is 11.5 Å². The van der Waals surface area contributed by atoms with Gasteiger partial charge in [0.2, 0.25) is 0 Å². The van der Waals surface area contributed by atoms with Crippen molar-refractivity contribution in [1.29, 1.82) is 0 Å². The molecule has 34 heavy (non-hydrogen) atoms. The van der Waals surface area contributed by atoms with Gasteiger partial charge in [0.15, 0.2) is 0 Å². The topological polar surface area (TPSA) is 108 Å². The third-order valence-corrected chi connectivity index (χ3v) is 7.18. The quantitative estimate of drug-likeness (QED) is 0.440. The molecular formula is C24H23N5O4S. The van der Waals surface area contributed by atoms with E-state index in [-0.39, 0.29) is 11.5 Å². The number of esters is 1. The fourth-order valence-electron chi connectivity index (χ4n) is 4.24. The van der Waals surface area contributed by atoms with E-state index in [0.29, 0.717) is 50.8 Å². The fourth-order valence-corrected chi connectivity index (χ4v) is 5.33. The van der Waals surface area contributed by atoms with E-state index in [9.17, 15) is 14.4 Å². The van der Waals surface area contributed by atoms with E-state index >= 15 is 0 Å². The largest absolute Gasteiger partial charge is 0.462 e. The van der Waals surface area contributed by atoms with Gasteiger partial charge in [0, 0.05) is 18.7 Å². The predicted molar refractivity (Wildman–Crippen MR) is 129 cm³/mol. The van der Waals surface area contributed by atoms with Crippen molar-refractivity contribution in [2.45, 2.75) is 40.2 Å². The number of aromatic nitrogens is 4. The summed E-state index contributed by atoms with van der Waals surface area (Å²) in [6.45, 7) is 6.32. The number of nitrogens with one attached hydrogen (secondary N) is 1. The van der Waals surface area contributed by atoms with Crippen LogP contribution in [-0.4, -0.2) is 37.8 Å². The Labute approximate surface area is 199 Å². The van der Waals surface area contributed by atoms with Crippen molar-refractivity contribution in [2.75, 3.05) is 11.9 Å². The molecule has 9 nitrogen and oxygen atoms in total. The monoisotopic (exact) mass is 477 g/mol. The summed E-state index contributed by atoms with van der Waals surface area (Å²) in [6.07, 6.45) is 3.19. The Kier molecular flexibility index (Phi) is 5.52. The lowest BCUT2D eigenvalue weighted by atomic mass is 10.2. The van der Waals surface area contributed by atoms with Gasteiger partial charge in [0.1, 0.15) is 16.2 Å². The van der Waals surface area contributed by atoms with E-state index in [0.717, 1.165) is 24.4 Å². The van der Waals surface area contributed by atoms with Crippen LogP contribution in [0.2, 0.25) is 0 Å². The standard InChI is InChI=1S/C24H23N5O4S/c1-4-33-24(32)17-12-25-29(14(17)3)16-9-7-15(8-10-16)26-21(30)20-13(2)19-22(34-20)27-18-6-5-11-28(18)23(19)31/h7-10,12H,4-6,11H2,1-3H3,(H,26,30).